The van der Waals surface area contributed by atoms with Crippen molar-refractivity contribution in [1.29, 1.82) is 0 Å². The third-order valence-electron chi connectivity index (χ3n) is 5.39. The number of halogens is 2. The van der Waals surface area contributed by atoms with Gasteiger partial charge in [-0.15, -0.1) is 24.8 Å². The maximum absolute atomic E-state index is 5.84. The topological polar surface area (TPSA) is 34.2 Å². The molecule has 1 saturated heterocycles. The van der Waals surface area contributed by atoms with Gasteiger partial charge in [0, 0.05) is 32.7 Å². The monoisotopic (exact) mass is 456 g/mol. The molecule has 0 bridgehead atoms. The van der Waals surface area contributed by atoms with Crippen molar-refractivity contribution in [2.45, 2.75) is 13.8 Å². The van der Waals surface area contributed by atoms with Gasteiger partial charge in [0.1, 0.15) is 18.1 Å². The van der Waals surface area contributed by atoms with Gasteiger partial charge >= 0.3 is 0 Å². The molecule has 0 atom stereocenters. The SMILES string of the molecule is COc1ccccc1N1CCN(CCOCCOc2cccc(C)c2C)CC1.Cl.Cl. The van der Waals surface area contributed by atoms with Crippen LogP contribution >= 0.6 is 24.8 Å². The fourth-order valence-corrected chi connectivity index (χ4v) is 3.49. The fraction of sp³-hybridized carbons (Fsp3) is 0.478. The van der Waals surface area contributed by atoms with Crippen molar-refractivity contribution in [2.24, 2.45) is 0 Å². The van der Waals surface area contributed by atoms with E-state index in [1.807, 2.05) is 24.3 Å². The number of hydrogen-bond donors (Lipinski definition) is 0. The first kappa shape index (κ1) is 26.4. The van der Waals surface area contributed by atoms with Crippen molar-refractivity contribution >= 4 is 30.5 Å². The number of nitrogens with zero attached hydrogens (tertiary/aromatic N) is 2. The van der Waals surface area contributed by atoms with Crippen LogP contribution in [-0.2, 0) is 4.74 Å². The van der Waals surface area contributed by atoms with E-state index in [0.29, 0.717) is 13.2 Å². The number of anilines is 1. The Labute approximate surface area is 193 Å². The molecule has 1 aliphatic heterocycles. The third-order valence-corrected chi connectivity index (χ3v) is 5.39. The van der Waals surface area contributed by atoms with E-state index in [2.05, 4.69) is 41.8 Å². The van der Waals surface area contributed by atoms with Gasteiger partial charge in [0.25, 0.3) is 0 Å². The molecule has 30 heavy (non-hydrogen) atoms. The lowest BCUT2D eigenvalue weighted by Crippen LogP contribution is -2.47. The summed E-state index contributed by atoms with van der Waals surface area (Å²) in [6.45, 7) is 11.2. The van der Waals surface area contributed by atoms with E-state index in [9.17, 15) is 0 Å². The Hall–Kier alpha value is -1.66. The number of methoxy groups -OCH3 is 1. The Bertz CT molecular complexity index is 753. The van der Waals surface area contributed by atoms with Crippen LogP contribution in [0.2, 0.25) is 0 Å². The molecule has 0 saturated carbocycles. The zero-order valence-corrected chi connectivity index (χ0v) is 19.8. The smallest absolute Gasteiger partial charge is 0.142 e. The van der Waals surface area contributed by atoms with Gasteiger partial charge in [0.2, 0.25) is 0 Å². The highest BCUT2D eigenvalue weighted by molar-refractivity contribution is 5.85. The second kappa shape index (κ2) is 13.6. The molecule has 0 amide bonds. The molecular formula is C23H34Cl2N2O3. The van der Waals surface area contributed by atoms with Crippen molar-refractivity contribution < 1.29 is 14.2 Å². The van der Waals surface area contributed by atoms with E-state index in [4.69, 9.17) is 14.2 Å². The maximum Gasteiger partial charge on any atom is 0.142 e. The van der Waals surface area contributed by atoms with Gasteiger partial charge < -0.3 is 19.1 Å². The van der Waals surface area contributed by atoms with Gasteiger partial charge in [-0.05, 0) is 43.2 Å². The van der Waals surface area contributed by atoms with Gasteiger partial charge in [0.15, 0.2) is 0 Å². The lowest BCUT2D eigenvalue weighted by Gasteiger charge is -2.36. The highest BCUT2D eigenvalue weighted by atomic mass is 35.5. The Morgan fingerprint density at radius 2 is 1.50 bits per heavy atom. The third kappa shape index (κ3) is 7.24. The maximum atomic E-state index is 5.84. The second-order valence-electron chi connectivity index (χ2n) is 7.16. The Morgan fingerprint density at radius 1 is 0.800 bits per heavy atom. The lowest BCUT2D eigenvalue weighted by atomic mass is 10.1. The average Bonchev–Trinajstić information content (AvgIpc) is 2.74. The summed E-state index contributed by atoms with van der Waals surface area (Å²) >= 11 is 0. The summed E-state index contributed by atoms with van der Waals surface area (Å²) in [6.07, 6.45) is 0. The van der Waals surface area contributed by atoms with Crippen LogP contribution in [0.15, 0.2) is 42.5 Å². The molecule has 1 heterocycles. The summed E-state index contributed by atoms with van der Waals surface area (Å²) in [5.74, 6) is 1.90. The first-order valence-electron chi connectivity index (χ1n) is 10.1. The molecular weight excluding hydrogens is 423 g/mol. The summed E-state index contributed by atoms with van der Waals surface area (Å²) in [4.78, 5) is 4.85. The zero-order valence-electron chi connectivity index (χ0n) is 18.1. The minimum Gasteiger partial charge on any atom is -0.495 e. The predicted molar refractivity (Wildman–Crippen MR) is 128 cm³/mol. The predicted octanol–water partition coefficient (Wildman–Crippen LogP) is 4.37. The summed E-state index contributed by atoms with van der Waals surface area (Å²) in [5, 5.41) is 0. The van der Waals surface area contributed by atoms with Crippen molar-refractivity contribution in [1.82, 2.24) is 4.90 Å². The van der Waals surface area contributed by atoms with E-state index in [1.54, 1.807) is 7.11 Å². The first-order chi connectivity index (χ1) is 13.7. The van der Waals surface area contributed by atoms with Gasteiger partial charge in [-0.3, -0.25) is 4.90 Å². The summed E-state index contributed by atoms with van der Waals surface area (Å²) in [7, 11) is 1.73. The molecule has 1 fully saturated rings. The summed E-state index contributed by atoms with van der Waals surface area (Å²) in [6, 6.07) is 14.4. The number of rotatable bonds is 9. The van der Waals surface area contributed by atoms with Gasteiger partial charge in [-0.25, -0.2) is 0 Å². The van der Waals surface area contributed by atoms with Crippen LogP contribution in [0.5, 0.6) is 11.5 Å². The van der Waals surface area contributed by atoms with Crippen LogP contribution in [0.1, 0.15) is 11.1 Å². The molecule has 2 aromatic rings. The van der Waals surface area contributed by atoms with E-state index in [-0.39, 0.29) is 24.8 Å². The largest absolute Gasteiger partial charge is 0.495 e. The normalized spacial score (nSPS) is 13.9. The highest BCUT2D eigenvalue weighted by Gasteiger charge is 2.19. The molecule has 0 unspecified atom stereocenters. The average molecular weight is 457 g/mol. The molecule has 0 aliphatic carbocycles. The molecule has 5 nitrogen and oxygen atoms in total. The van der Waals surface area contributed by atoms with E-state index < -0.39 is 0 Å². The molecule has 0 aromatic heterocycles. The zero-order chi connectivity index (χ0) is 19.8. The molecule has 0 spiro atoms. The van der Waals surface area contributed by atoms with Crippen LogP contribution in [0.25, 0.3) is 0 Å². The Balaban J connectivity index is 0.00000225. The van der Waals surface area contributed by atoms with E-state index in [0.717, 1.165) is 50.8 Å². The van der Waals surface area contributed by atoms with Crippen LogP contribution < -0.4 is 14.4 Å². The minimum absolute atomic E-state index is 0. The quantitative estimate of drug-likeness (QED) is 0.523. The Kier molecular flexibility index (Phi) is 12.0. The second-order valence-corrected chi connectivity index (χ2v) is 7.16. The van der Waals surface area contributed by atoms with E-state index in [1.165, 1.54) is 16.8 Å². The van der Waals surface area contributed by atoms with Crippen LogP contribution in [0.3, 0.4) is 0 Å². The number of ether oxygens (including phenoxy) is 3. The standard InChI is InChI=1S/C23H32N2O3.2ClH/c1-19-7-6-10-22(20(19)2)28-18-17-27-16-15-24-11-13-25(14-12-24)21-8-4-5-9-23(21)26-3;;/h4-10H,11-18H2,1-3H3;2*1H. The fourth-order valence-electron chi connectivity index (χ4n) is 3.49. The number of para-hydroxylation sites is 2. The van der Waals surface area contributed by atoms with Crippen molar-refractivity contribution in [3.63, 3.8) is 0 Å². The number of piperazine rings is 1. The molecule has 7 heteroatoms. The number of aryl methyl sites for hydroxylation is 1. The van der Waals surface area contributed by atoms with Crippen LogP contribution in [-0.4, -0.2) is 64.6 Å². The van der Waals surface area contributed by atoms with Crippen LogP contribution in [0.4, 0.5) is 5.69 Å². The van der Waals surface area contributed by atoms with Crippen molar-refractivity contribution in [3.05, 3.63) is 53.6 Å². The summed E-state index contributed by atoms with van der Waals surface area (Å²) < 4.78 is 17.1. The van der Waals surface area contributed by atoms with Gasteiger partial charge in [-0.2, -0.15) is 0 Å². The first-order valence-corrected chi connectivity index (χ1v) is 10.1. The summed E-state index contributed by atoms with van der Waals surface area (Å²) in [5.41, 5.74) is 3.64. The molecule has 1 aliphatic rings. The van der Waals surface area contributed by atoms with Gasteiger partial charge in [0.05, 0.1) is 26.0 Å². The minimum atomic E-state index is 0. The molecule has 168 valence electrons. The van der Waals surface area contributed by atoms with Gasteiger partial charge in [-0.1, -0.05) is 24.3 Å². The number of benzene rings is 2. The Morgan fingerprint density at radius 3 is 2.23 bits per heavy atom. The van der Waals surface area contributed by atoms with E-state index >= 15 is 0 Å². The van der Waals surface area contributed by atoms with Crippen molar-refractivity contribution in [2.75, 3.05) is 64.6 Å². The van der Waals surface area contributed by atoms with Crippen molar-refractivity contribution in [3.8, 4) is 11.5 Å². The molecule has 2 aromatic carbocycles. The number of hydrogen-bond acceptors (Lipinski definition) is 5. The molecule has 0 radical (unpaired) electrons. The molecule has 0 N–H and O–H groups in total. The van der Waals surface area contributed by atoms with Crippen LogP contribution in [0, 0.1) is 13.8 Å². The highest BCUT2D eigenvalue weighted by Crippen LogP contribution is 2.28. The molecule has 3 rings (SSSR count). The lowest BCUT2D eigenvalue weighted by molar-refractivity contribution is 0.0781.